The molecule has 1 atom stereocenters. The molecule has 6 nitrogen and oxygen atoms in total. The highest BCUT2D eigenvalue weighted by molar-refractivity contribution is 6.30. The molecule has 1 aromatic heterocycles. The first-order valence-electron chi connectivity index (χ1n) is 9.74. The van der Waals surface area contributed by atoms with Gasteiger partial charge in [-0.1, -0.05) is 23.7 Å². The Morgan fingerprint density at radius 3 is 2.50 bits per heavy atom. The van der Waals surface area contributed by atoms with Crippen molar-refractivity contribution in [2.45, 2.75) is 18.9 Å². The van der Waals surface area contributed by atoms with Crippen LogP contribution in [0.4, 0.5) is 0 Å². The van der Waals surface area contributed by atoms with Crippen LogP contribution in [0, 0.1) is 0 Å². The maximum atomic E-state index is 12.4. The fourth-order valence-electron chi connectivity index (χ4n) is 3.12. The van der Waals surface area contributed by atoms with E-state index in [9.17, 15) is 4.79 Å². The van der Waals surface area contributed by atoms with Crippen molar-refractivity contribution in [3.05, 3.63) is 71.2 Å². The average molecular weight is 428 g/mol. The molecule has 0 fully saturated rings. The zero-order valence-electron chi connectivity index (χ0n) is 17.4. The molecule has 0 aliphatic rings. The fraction of sp³-hybridized carbons (Fsp3) is 0.304. The van der Waals surface area contributed by atoms with Crippen LogP contribution in [0.3, 0.4) is 0 Å². The first-order chi connectivity index (χ1) is 14.5. The molecule has 1 amide bonds. The van der Waals surface area contributed by atoms with Gasteiger partial charge in [0.1, 0.15) is 5.75 Å². The normalized spacial score (nSPS) is 12.0. The molecule has 0 saturated heterocycles. The van der Waals surface area contributed by atoms with Crippen LogP contribution >= 0.6 is 11.6 Å². The molecule has 0 aliphatic carbocycles. The number of aromatic nitrogens is 1. The number of nitrogens with zero attached hydrogens (tertiary/aromatic N) is 2. The van der Waals surface area contributed by atoms with Gasteiger partial charge < -0.3 is 19.4 Å². The lowest BCUT2D eigenvalue weighted by Gasteiger charge is -2.25. The van der Waals surface area contributed by atoms with E-state index in [2.05, 4.69) is 15.2 Å². The summed E-state index contributed by atoms with van der Waals surface area (Å²) < 4.78 is 11.0. The lowest BCUT2D eigenvalue weighted by molar-refractivity contribution is -0.121. The molecule has 2 aromatic carbocycles. The van der Waals surface area contributed by atoms with Gasteiger partial charge >= 0.3 is 0 Å². The van der Waals surface area contributed by atoms with E-state index in [1.54, 1.807) is 25.4 Å². The molecule has 3 rings (SSSR count). The zero-order chi connectivity index (χ0) is 21.5. The average Bonchev–Trinajstić information content (AvgIpc) is 3.22. The maximum Gasteiger partial charge on any atom is 0.220 e. The fourth-order valence-corrected chi connectivity index (χ4v) is 3.24. The molecular weight excluding hydrogens is 402 g/mol. The number of aryl methyl sites for hydroxylation is 1. The van der Waals surface area contributed by atoms with E-state index >= 15 is 0 Å². The van der Waals surface area contributed by atoms with Crippen molar-refractivity contribution in [1.29, 1.82) is 0 Å². The standard InChI is InChI=1S/C23H26ClN3O3/c1-27(2)20(16-6-10-19(29-3)11-7-16)14-25-22(28)12-13-23-26-15-21(30-23)17-4-8-18(24)9-5-17/h4-11,15,20H,12-14H2,1-3H3,(H,25,28). The van der Waals surface area contributed by atoms with Crippen LogP contribution in [0.5, 0.6) is 5.75 Å². The number of carbonyl (C=O) groups is 1. The molecule has 30 heavy (non-hydrogen) atoms. The van der Waals surface area contributed by atoms with Gasteiger partial charge in [-0.3, -0.25) is 4.79 Å². The number of likely N-dealkylation sites (N-methyl/N-ethyl adjacent to an activating group) is 1. The lowest BCUT2D eigenvalue weighted by atomic mass is 10.1. The number of rotatable bonds is 9. The number of amides is 1. The monoisotopic (exact) mass is 427 g/mol. The minimum atomic E-state index is -0.0402. The van der Waals surface area contributed by atoms with E-state index in [1.807, 2.05) is 50.5 Å². The van der Waals surface area contributed by atoms with Gasteiger partial charge in [-0.25, -0.2) is 4.98 Å². The molecule has 1 N–H and O–H groups in total. The van der Waals surface area contributed by atoms with E-state index in [-0.39, 0.29) is 11.9 Å². The van der Waals surface area contributed by atoms with Crippen molar-refractivity contribution in [2.75, 3.05) is 27.7 Å². The number of benzene rings is 2. The Hall–Kier alpha value is -2.83. The number of carbonyl (C=O) groups excluding carboxylic acids is 1. The number of methoxy groups -OCH3 is 1. The second-order valence-electron chi connectivity index (χ2n) is 7.18. The summed E-state index contributed by atoms with van der Waals surface area (Å²) in [5.74, 6) is 1.97. The van der Waals surface area contributed by atoms with Crippen molar-refractivity contribution in [3.8, 4) is 17.1 Å². The number of halogens is 1. The first-order valence-corrected chi connectivity index (χ1v) is 10.1. The quantitative estimate of drug-likeness (QED) is 0.549. The number of hydrogen-bond acceptors (Lipinski definition) is 5. The summed E-state index contributed by atoms with van der Waals surface area (Å²) in [6.07, 6.45) is 2.42. The van der Waals surface area contributed by atoms with Crippen molar-refractivity contribution >= 4 is 17.5 Å². The Morgan fingerprint density at radius 2 is 1.87 bits per heavy atom. The summed E-state index contributed by atoms with van der Waals surface area (Å²) in [6.45, 7) is 0.514. The van der Waals surface area contributed by atoms with Gasteiger partial charge in [-0.05, 0) is 56.1 Å². The van der Waals surface area contributed by atoms with Gasteiger partial charge in [0.25, 0.3) is 0 Å². The summed E-state index contributed by atoms with van der Waals surface area (Å²) in [5.41, 5.74) is 2.01. The summed E-state index contributed by atoms with van der Waals surface area (Å²) >= 11 is 5.91. The van der Waals surface area contributed by atoms with Gasteiger partial charge in [0.2, 0.25) is 5.91 Å². The van der Waals surface area contributed by atoms with Gasteiger partial charge in [0, 0.05) is 30.0 Å². The third kappa shape index (κ3) is 5.84. The van der Waals surface area contributed by atoms with Crippen LogP contribution in [-0.2, 0) is 11.2 Å². The minimum absolute atomic E-state index is 0.0402. The third-order valence-corrected chi connectivity index (χ3v) is 5.12. The van der Waals surface area contributed by atoms with Gasteiger partial charge in [-0.2, -0.15) is 0 Å². The van der Waals surface area contributed by atoms with E-state index in [1.165, 1.54) is 0 Å². The van der Waals surface area contributed by atoms with Crippen LogP contribution in [-0.4, -0.2) is 43.5 Å². The van der Waals surface area contributed by atoms with Crippen molar-refractivity contribution in [3.63, 3.8) is 0 Å². The van der Waals surface area contributed by atoms with Crippen LogP contribution in [0.15, 0.2) is 59.1 Å². The Labute approximate surface area is 181 Å². The second-order valence-corrected chi connectivity index (χ2v) is 7.62. The topological polar surface area (TPSA) is 67.6 Å². The molecule has 0 saturated carbocycles. The predicted molar refractivity (Wildman–Crippen MR) is 118 cm³/mol. The molecule has 0 aliphatic heterocycles. The highest BCUT2D eigenvalue weighted by Crippen LogP contribution is 2.23. The Bertz CT molecular complexity index is 953. The molecule has 0 radical (unpaired) electrons. The summed E-state index contributed by atoms with van der Waals surface area (Å²) in [4.78, 5) is 18.7. The molecule has 1 heterocycles. The molecule has 1 unspecified atom stereocenters. The minimum Gasteiger partial charge on any atom is -0.497 e. The van der Waals surface area contributed by atoms with E-state index in [4.69, 9.17) is 20.8 Å². The van der Waals surface area contributed by atoms with Crippen LogP contribution in [0.2, 0.25) is 5.02 Å². The molecule has 158 valence electrons. The van der Waals surface area contributed by atoms with Crippen molar-refractivity contribution < 1.29 is 13.9 Å². The van der Waals surface area contributed by atoms with Crippen LogP contribution in [0.1, 0.15) is 23.9 Å². The number of ether oxygens (including phenoxy) is 1. The Morgan fingerprint density at radius 1 is 1.17 bits per heavy atom. The lowest BCUT2D eigenvalue weighted by Crippen LogP contribution is -2.34. The number of nitrogens with one attached hydrogen (secondary N) is 1. The SMILES string of the molecule is COc1ccc(C(CNC(=O)CCc2ncc(-c3ccc(Cl)cc3)o2)N(C)C)cc1. The van der Waals surface area contributed by atoms with Gasteiger partial charge in [0.05, 0.1) is 19.3 Å². The third-order valence-electron chi connectivity index (χ3n) is 4.86. The summed E-state index contributed by atoms with van der Waals surface area (Å²) in [7, 11) is 5.63. The van der Waals surface area contributed by atoms with Crippen molar-refractivity contribution in [2.24, 2.45) is 0 Å². The largest absolute Gasteiger partial charge is 0.497 e. The molecule has 3 aromatic rings. The van der Waals surface area contributed by atoms with Gasteiger partial charge in [-0.15, -0.1) is 0 Å². The van der Waals surface area contributed by atoms with E-state index in [0.717, 1.165) is 16.9 Å². The van der Waals surface area contributed by atoms with E-state index in [0.29, 0.717) is 36.1 Å². The highest BCUT2D eigenvalue weighted by Gasteiger charge is 2.16. The number of hydrogen-bond donors (Lipinski definition) is 1. The molecular formula is C23H26ClN3O3. The Balaban J connectivity index is 1.51. The molecule has 7 heteroatoms. The zero-order valence-corrected chi connectivity index (χ0v) is 18.1. The summed E-state index contributed by atoms with van der Waals surface area (Å²) in [5, 5.41) is 3.68. The summed E-state index contributed by atoms with van der Waals surface area (Å²) in [6, 6.07) is 15.3. The number of oxazole rings is 1. The predicted octanol–water partition coefficient (Wildman–Crippen LogP) is 4.36. The first kappa shape index (κ1) is 21.9. The molecule has 0 spiro atoms. The highest BCUT2D eigenvalue weighted by atomic mass is 35.5. The maximum absolute atomic E-state index is 12.4. The smallest absolute Gasteiger partial charge is 0.220 e. The second kappa shape index (κ2) is 10.3. The molecule has 0 bridgehead atoms. The Kier molecular flexibility index (Phi) is 7.49. The van der Waals surface area contributed by atoms with Crippen molar-refractivity contribution in [1.82, 2.24) is 15.2 Å². The van der Waals surface area contributed by atoms with Gasteiger partial charge in [0.15, 0.2) is 11.7 Å². The van der Waals surface area contributed by atoms with Crippen LogP contribution in [0.25, 0.3) is 11.3 Å². The van der Waals surface area contributed by atoms with Crippen LogP contribution < -0.4 is 10.1 Å². The van der Waals surface area contributed by atoms with E-state index < -0.39 is 0 Å².